The van der Waals surface area contributed by atoms with Gasteiger partial charge < -0.3 is 24.7 Å². The van der Waals surface area contributed by atoms with E-state index in [2.05, 4.69) is 123 Å². The number of hydrogen-bond acceptors (Lipinski definition) is 2. The van der Waals surface area contributed by atoms with Gasteiger partial charge in [-0.2, -0.15) is 0 Å². The van der Waals surface area contributed by atoms with E-state index in [1.54, 1.807) is 0 Å². The first-order valence-electron chi connectivity index (χ1n) is 13.7. The highest BCUT2D eigenvalue weighted by molar-refractivity contribution is 5.70. The summed E-state index contributed by atoms with van der Waals surface area (Å²) in [7, 11) is 0. The van der Waals surface area contributed by atoms with Crippen LogP contribution in [0, 0.1) is 12.3 Å². The molecule has 6 heteroatoms. The van der Waals surface area contributed by atoms with Gasteiger partial charge in [-0.15, -0.1) is 6.42 Å². The maximum Gasteiger partial charge on any atom is 0.306 e. The molecule has 204 valence electrons. The Balaban J connectivity index is 1.68. The Hall–Kier alpha value is -3.85. The molecule has 5 heterocycles. The fourth-order valence-corrected chi connectivity index (χ4v) is 5.81. The van der Waals surface area contributed by atoms with Crippen LogP contribution in [0.5, 0.6) is 0 Å². The van der Waals surface area contributed by atoms with Gasteiger partial charge in [-0.05, 0) is 103 Å². The molecule has 1 aliphatic heterocycles. The van der Waals surface area contributed by atoms with Crippen molar-refractivity contribution in [3.8, 4) is 12.3 Å². The van der Waals surface area contributed by atoms with E-state index in [1.165, 1.54) is 0 Å². The molecule has 6 nitrogen and oxygen atoms in total. The SMILES string of the molecule is C#CCOC(=O)CCC1(C)c2ccc([nH]2)C(C)(C)c2ccc([nH]2)C(C)(C)c2ccc([nH]2)C(C)(C)c2ccc1[nH]2. The maximum absolute atomic E-state index is 12.5. The zero-order valence-electron chi connectivity index (χ0n) is 24.1. The fraction of sp³-hybridized carbons (Fsp3) is 0.424. The van der Waals surface area contributed by atoms with Gasteiger partial charge in [-0.25, -0.2) is 0 Å². The summed E-state index contributed by atoms with van der Waals surface area (Å²) in [6, 6.07) is 17.4. The summed E-state index contributed by atoms with van der Waals surface area (Å²) < 4.78 is 5.20. The molecule has 0 amide bonds. The highest BCUT2D eigenvalue weighted by Crippen LogP contribution is 2.42. The number of terminal acetylenes is 1. The van der Waals surface area contributed by atoms with Crippen molar-refractivity contribution in [2.75, 3.05) is 6.61 Å². The molecule has 8 bridgehead atoms. The molecule has 39 heavy (non-hydrogen) atoms. The zero-order chi connectivity index (χ0) is 28.2. The van der Waals surface area contributed by atoms with E-state index < -0.39 is 5.41 Å². The average molecular weight is 525 g/mol. The molecule has 0 saturated carbocycles. The Kier molecular flexibility index (Phi) is 6.25. The molecular formula is C33H40N4O2. The van der Waals surface area contributed by atoms with Crippen molar-refractivity contribution in [3.05, 3.63) is 94.1 Å². The van der Waals surface area contributed by atoms with Crippen LogP contribution in [-0.4, -0.2) is 32.5 Å². The van der Waals surface area contributed by atoms with E-state index in [-0.39, 0.29) is 35.2 Å². The molecule has 4 aromatic rings. The van der Waals surface area contributed by atoms with E-state index in [0.717, 1.165) is 45.6 Å². The van der Waals surface area contributed by atoms with Gasteiger partial charge in [-0.1, -0.05) is 5.92 Å². The Bertz CT molecular complexity index is 1450. The molecular weight excluding hydrogens is 484 g/mol. The standard InChI is InChI=1S/C33H40N4O2/c1-9-20-39-29(38)18-19-33(8)27-16-14-25(36-27)31(4,5)23-12-10-21(34-23)30(2,3)22-11-13-24(35-22)32(6,7)26-15-17-28(33)37-26/h1,10-17,34-37H,18-20H2,2-8H3. The van der Waals surface area contributed by atoms with E-state index in [9.17, 15) is 4.79 Å². The third-order valence-electron chi connectivity index (χ3n) is 9.12. The highest BCUT2D eigenvalue weighted by atomic mass is 16.5. The molecule has 0 radical (unpaired) electrons. The van der Waals surface area contributed by atoms with E-state index in [4.69, 9.17) is 11.2 Å². The van der Waals surface area contributed by atoms with E-state index in [1.807, 2.05) is 0 Å². The fourth-order valence-electron chi connectivity index (χ4n) is 5.81. The number of H-pyrrole nitrogens is 4. The second kappa shape index (κ2) is 9.12. The van der Waals surface area contributed by atoms with Gasteiger partial charge in [0.1, 0.15) is 0 Å². The van der Waals surface area contributed by atoms with Crippen molar-refractivity contribution in [3.63, 3.8) is 0 Å². The summed E-state index contributed by atoms with van der Waals surface area (Å²) in [5.41, 5.74) is 7.59. The van der Waals surface area contributed by atoms with Crippen molar-refractivity contribution in [1.29, 1.82) is 0 Å². The molecule has 4 aromatic heterocycles. The largest absolute Gasteiger partial charge is 0.452 e. The second-order valence-corrected chi connectivity index (χ2v) is 12.7. The first-order valence-corrected chi connectivity index (χ1v) is 13.7. The topological polar surface area (TPSA) is 89.5 Å². The van der Waals surface area contributed by atoms with Crippen LogP contribution in [0.3, 0.4) is 0 Å². The Morgan fingerprint density at radius 2 is 0.949 bits per heavy atom. The monoisotopic (exact) mass is 524 g/mol. The van der Waals surface area contributed by atoms with Crippen LogP contribution < -0.4 is 0 Å². The minimum Gasteiger partial charge on any atom is -0.452 e. The van der Waals surface area contributed by atoms with Gasteiger partial charge in [0.25, 0.3) is 0 Å². The highest BCUT2D eigenvalue weighted by Gasteiger charge is 2.38. The number of rotatable bonds is 4. The van der Waals surface area contributed by atoms with Crippen molar-refractivity contribution in [2.45, 2.75) is 83.0 Å². The predicted molar refractivity (Wildman–Crippen MR) is 155 cm³/mol. The smallest absolute Gasteiger partial charge is 0.306 e. The van der Waals surface area contributed by atoms with Gasteiger partial charge in [0.15, 0.2) is 6.61 Å². The molecule has 4 N–H and O–H groups in total. The lowest BCUT2D eigenvalue weighted by atomic mass is 9.79. The number of fused-ring (bicyclic) bond motifs is 8. The van der Waals surface area contributed by atoms with Crippen molar-refractivity contribution in [1.82, 2.24) is 19.9 Å². The van der Waals surface area contributed by atoms with E-state index >= 15 is 0 Å². The molecule has 0 aromatic carbocycles. The number of hydrogen-bond donors (Lipinski definition) is 4. The van der Waals surface area contributed by atoms with E-state index in [0.29, 0.717) is 6.42 Å². The average Bonchev–Trinajstić information content (AvgIpc) is 3.71. The summed E-state index contributed by atoms with van der Waals surface area (Å²) in [6.07, 6.45) is 6.11. The summed E-state index contributed by atoms with van der Waals surface area (Å²) in [5, 5.41) is 0. The van der Waals surface area contributed by atoms with Crippen LogP contribution in [0.25, 0.3) is 0 Å². The van der Waals surface area contributed by atoms with Gasteiger partial charge in [-0.3, -0.25) is 4.79 Å². The van der Waals surface area contributed by atoms with Crippen LogP contribution >= 0.6 is 0 Å². The van der Waals surface area contributed by atoms with Crippen LogP contribution in [-0.2, 0) is 31.2 Å². The number of ether oxygens (including phenoxy) is 1. The minimum atomic E-state index is -0.487. The lowest BCUT2D eigenvalue weighted by Crippen LogP contribution is -2.28. The van der Waals surface area contributed by atoms with Crippen LogP contribution in [0.1, 0.15) is 107 Å². The van der Waals surface area contributed by atoms with Gasteiger partial charge >= 0.3 is 5.97 Å². The first kappa shape index (κ1) is 26.7. The van der Waals surface area contributed by atoms with Gasteiger partial charge in [0.05, 0.1) is 0 Å². The van der Waals surface area contributed by atoms with Crippen molar-refractivity contribution >= 4 is 5.97 Å². The predicted octanol–water partition coefficient (Wildman–Crippen LogP) is 6.55. The number of carbonyl (C=O) groups excluding carboxylic acids is 1. The quantitative estimate of drug-likeness (QED) is 0.180. The maximum atomic E-state index is 12.5. The van der Waals surface area contributed by atoms with Crippen LogP contribution in [0.4, 0.5) is 0 Å². The lowest BCUT2D eigenvalue weighted by Gasteiger charge is -2.30. The van der Waals surface area contributed by atoms with Crippen molar-refractivity contribution in [2.24, 2.45) is 0 Å². The third kappa shape index (κ3) is 4.34. The molecule has 0 spiro atoms. The number of nitrogens with one attached hydrogen (secondary N) is 4. The molecule has 0 aliphatic carbocycles. The molecule has 0 atom stereocenters. The molecule has 1 aliphatic rings. The number of carbonyl (C=O) groups is 1. The zero-order valence-corrected chi connectivity index (χ0v) is 24.1. The molecule has 5 rings (SSSR count). The number of aromatic amines is 4. The van der Waals surface area contributed by atoms with Gasteiger partial charge in [0.2, 0.25) is 0 Å². The lowest BCUT2D eigenvalue weighted by molar-refractivity contribution is -0.142. The molecule has 0 saturated heterocycles. The second-order valence-electron chi connectivity index (χ2n) is 12.7. The first-order chi connectivity index (χ1) is 18.3. The summed E-state index contributed by atoms with van der Waals surface area (Å²) in [5.74, 6) is 2.09. The van der Waals surface area contributed by atoms with Crippen LogP contribution in [0.15, 0.2) is 48.5 Å². The van der Waals surface area contributed by atoms with Crippen molar-refractivity contribution < 1.29 is 9.53 Å². The Labute approximate surface area is 231 Å². The minimum absolute atomic E-state index is 0.00962. The summed E-state index contributed by atoms with van der Waals surface area (Å²) in [6.45, 7) is 15.6. The Morgan fingerprint density at radius 3 is 1.28 bits per heavy atom. The van der Waals surface area contributed by atoms with Crippen LogP contribution in [0.2, 0.25) is 0 Å². The van der Waals surface area contributed by atoms with Gasteiger partial charge in [0, 0.05) is 73.6 Å². The molecule has 0 fully saturated rings. The molecule has 0 unspecified atom stereocenters. The normalized spacial score (nSPS) is 18.3. The third-order valence-corrected chi connectivity index (χ3v) is 9.12. The number of aromatic nitrogens is 4. The Morgan fingerprint density at radius 1 is 0.641 bits per heavy atom. The summed E-state index contributed by atoms with van der Waals surface area (Å²) >= 11 is 0. The summed E-state index contributed by atoms with van der Waals surface area (Å²) in [4.78, 5) is 27.5. The number of esters is 1.